The number of benzene rings is 4. The molecule has 4 N–H and O–H groups in total. The highest BCUT2D eigenvalue weighted by Gasteiger charge is 2.28. The molecule has 12 heteroatoms. The van der Waals surface area contributed by atoms with E-state index in [0.717, 1.165) is 0 Å². The number of carbonyl (C=O) groups is 4. The van der Waals surface area contributed by atoms with E-state index >= 15 is 0 Å². The van der Waals surface area contributed by atoms with Gasteiger partial charge in [0.2, 0.25) is 0 Å². The van der Waals surface area contributed by atoms with Crippen LogP contribution in [0.2, 0.25) is 0 Å². The summed E-state index contributed by atoms with van der Waals surface area (Å²) in [6.07, 6.45) is 1.91. The van der Waals surface area contributed by atoms with Gasteiger partial charge in [0.1, 0.15) is 23.0 Å². The summed E-state index contributed by atoms with van der Waals surface area (Å²) in [6, 6.07) is 12.6. The van der Waals surface area contributed by atoms with E-state index in [4.69, 9.17) is 18.9 Å². The predicted octanol–water partition coefficient (Wildman–Crippen LogP) is 8.31. The second-order valence-electron chi connectivity index (χ2n) is 13.8. The molecular weight excluding hydrogens is 720 g/mol. The van der Waals surface area contributed by atoms with Gasteiger partial charge in [-0.3, -0.25) is 0 Å². The zero-order valence-electron chi connectivity index (χ0n) is 32.2. The molecule has 0 radical (unpaired) electrons. The van der Waals surface area contributed by atoms with Crippen LogP contribution in [0.5, 0.6) is 23.0 Å². The fourth-order valence-corrected chi connectivity index (χ4v) is 7.19. The highest BCUT2D eigenvalue weighted by atomic mass is 16.5. The van der Waals surface area contributed by atoms with Gasteiger partial charge in [0.25, 0.3) is 0 Å². The van der Waals surface area contributed by atoms with E-state index in [1.165, 1.54) is 0 Å². The fourth-order valence-electron chi connectivity index (χ4n) is 7.19. The van der Waals surface area contributed by atoms with E-state index in [0.29, 0.717) is 75.1 Å². The summed E-state index contributed by atoms with van der Waals surface area (Å²) < 4.78 is 24.1. The molecule has 1 aliphatic rings. The van der Waals surface area contributed by atoms with Crippen LogP contribution >= 0.6 is 0 Å². The van der Waals surface area contributed by atoms with Gasteiger partial charge in [-0.2, -0.15) is 0 Å². The molecule has 0 fully saturated rings. The van der Waals surface area contributed by atoms with E-state index in [9.17, 15) is 39.6 Å². The Kier molecular flexibility index (Phi) is 13.6. The van der Waals surface area contributed by atoms with Crippen molar-refractivity contribution in [1.82, 2.24) is 0 Å². The zero-order valence-corrected chi connectivity index (χ0v) is 32.2. The topological polar surface area (TPSA) is 186 Å². The Hall–Kier alpha value is -6.04. The Balaban J connectivity index is 1.95. The lowest BCUT2D eigenvalue weighted by atomic mass is 9.84. The van der Waals surface area contributed by atoms with Gasteiger partial charge in [0.15, 0.2) is 0 Å². The third-order valence-corrected chi connectivity index (χ3v) is 9.37. The van der Waals surface area contributed by atoms with Crippen LogP contribution in [0.1, 0.15) is 139 Å². The highest BCUT2D eigenvalue weighted by Crippen LogP contribution is 2.37. The number of fused-ring (bicyclic) bond motifs is 8. The van der Waals surface area contributed by atoms with Crippen LogP contribution in [-0.2, 0) is 25.7 Å². The second-order valence-corrected chi connectivity index (χ2v) is 13.8. The summed E-state index contributed by atoms with van der Waals surface area (Å²) in [6.45, 7) is 8.95. The van der Waals surface area contributed by atoms with Crippen LogP contribution in [0, 0.1) is 0 Å². The first-order valence-corrected chi connectivity index (χ1v) is 19.0. The van der Waals surface area contributed by atoms with Crippen molar-refractivity contribution in [2.75, 3.05) is 26.4 Å². The number of ether oxygens (including phenoxy) is 4. The third-order valence-electron chi connectivity index (χ3n) is 9.37. The van der Waals surface area contributed by atoms with Gasteiger partial charge in [-0.1, -0.05) is 27.7 Å². The van der Waals surface area contributed by atoms with Crippen molar-refractivity contribution in [2.45, 2.75) is 79.1 Å². The predicted molar refractivity (Wildman–Crippen MR) is 208 cm³/mol. The second kappa shape index (κ2) is 18.5. The van der Waals surface area contributed by atoms with Gasteiger partial charge in [0.05, 0.1) is 48.7 Å². The molecule has 0 heterocycles. The van der Waals surface area contributed by atoms with Crippen LogP contribution in [-0.4, -0.2) is 70.7 Å². The molecule has 1 aliphatic carbocycles. The lowest BCUT2D eigenvalue weighted by Crippen LogP contribution is -2.17. The minimum absolute atomic E-state index is 0.118. The molecule has 0 saturated carbocycles. The van der Waals surface area contributed by atoms with Gasteiger partial charge in [0, 0.05) is 0 Å². The Morgan fingerprint density at radius 2 is 0.536 bits per heavy atom. The lowest BCUT2D eigenvalue weighted by Gasteiger charge is -2.22. The van der Waals surface area contributed by atoms with E-state index in [2.05, 4.69) is 0 Å². The number of hydrogen-bond acceptors (Lipinski definition) is 8. The highest BCUT2D eigenvalue weighted by molar-refractivity contribution is 5.96. The normalized spacial score (nSPS) is 12.1. The van der Waals surface area contributed by atoms with E-state index < -0.39 is 23.9 Å². The maximum Gasteiger partial charge on any atom is 0.336 e. The molecule has 0 aromatic heterocycles. The van der Waals surface area contributed by atoms with E-state index in [1.54, 1.807) is 48.5 Å². The molecule has 0 saturated heterocycles. The monoisotopic (exact) mass is 768 g/mol. The van der Waals surface area contributed by atoms with Gasteiger partial charge < -0.3 is 39.4 Å². The van der Waals surface area contributed by atoms with Gasteiger partial charge >= 0.3 is 23.9 Å². The van der Waals surface area contributed by atoms with Crippen LogP contribution in [0.4, 0.5) is 0 Å². The minimum atomic E-state index is -1.29. The molecule has 56 heavy (non-hydrogen) atoms. The minimum Gasteiger partial charge on any atom is -0.494 e. The summed E-state index contributed by atoms with van der Waals surface area (Å²) in [5.74, 6) is -3.78. The third kappa shape index (κ3) is 9.42. The Morgan fingerprint density at radius 1 is 0.375 bits per heavy atom. The average molecular weight is 769 g/mol. The van der Waals surface area contributed by atoms with Crippen molar-refractivity contribution < 1.29 is 58.6 Å². The molecule has 12 nitrogen and oxygen atoms in total. The van der Waals surface area contributed by atoms with Crippen molar-refractivity contribution in [1.29, 1.82) is 0 Å². The first-order valence-electron chi connectivity index (χ1n) is 19.0. The Labute approximate surface area is 325 Å². The summed E-state index contributed by atoms with van der Waals surface area (Å²) in [5.41, 5.74) is 1.48. The maximum atomic E-state index is 13.2. The van der Waals surface area contributed by atoms with Crippen LogP contribution in [0.15, 0.2) is 48.5 Å². The first-order chi connectivity index (χ1) is 26.9. The smallest absolute Gasteiger partial charge is 0.336 e. The zero-order chi connectivity index (χ0) is 40.5. The van der Waals surface area contributed by atoms with Crippen molar-refractivity contribution >= 4 is 23.9 Å². The van der Waals surface area contributed by atoms with Gasteiger partial charge in [-0.25, -0.2) is 19.2 Å². The van der Waals surface area contributed by atoms with Crippen molar-refractivity contribution in [3.05, 3.63) is 115 Å². The average Bonchev–Trinajstić information content (AvgIpc) is 3.13. The Bertz CT molecular complexity index is 1740. The summed E-state index contributed by atoms with van der Waals surface area (Å²) in [5, 5.41) is 43.1. The quantitative estimate of drug-likeness (QED) is 0.0753. The van der Waals surface area contributed by atoms with Crippen LogP contribution < -0.4 is 18.9 Å². The SMILES string of the molecule is CCCOc1cc2c(C(=O)O)c(c1)Cc1cc(OCCC)cc(c1C(=O)O)Cc1cc(OCCC)cc(c1C(=O)O)Cc1cc(OCCC)cc(c1C(=O)O)C2. The van der Waals surface area contributed by atoms with Gasteiger partial charge in [-0.05, 0) is 144 Å². The first kappa shape index (κ1) is 41.1. The molecule has 4 aromatic carbocycles. The lowest BCUT2D eigenvalue weighted by molar-refractivity contribution is 0.0683. The molecule has 4 aromatic rings. The molecule has 0 atom stereocenters. The molecular formula is C44H48O12. The maximum absolute atomic E-state index is 13.2. The molecule has 8 bridgehead atoms. The van der Waals surface area contributed by atoms with Crippen molar-refractivity contribution in [3.63, 3.8) is 0 Å². The summed E-state index contributed by atoms with van der Waals surface area (Å²) in [7, 11) is 0. The summed E-state index contributed by atoms with van der Waals surface area (Å²) in [4.78, 5) is 52.9. The van der Waals surface area contributed by atoms with Crippen LogP contribution in [0.3, 0.4) is 0 Å². The Morgan fingerprint density at radius 3 is 0.661 bits per heavy atom. The molecule has 0 unspecified atom stereocenters. The molecule has 0 spiro atoms. The van der Waals surface area contributed by atoms with E-state index in [-0.39, 0.29) is 92.4 Å². The summed E-state index contributed by atoms with van der Waals surface area (Å²) >= 11 is 0. The standard InChI is InChI=1S/C44H48O12/c1-5-9-53-33-17-25-13-27-19-34(54-10-6-2)21-29(38(27)42(47)48)15-31-23-36(56-12-8-4)24-32(40(31)44(51)52)16-30-22-35(55-11-7-3)20-28(39(30)43(49)50)14-26(18-33)37(25)41(45)46/h17-24H,5-16H2,1-4H3,(H,45,46)(H,47,48)(H,49,50)(H,51,52). The van der Waals surface area contributed by atoms with E-state index in [1.807, 2.05) is 27.7 Å². The molecule has 0 amide bonds. The largest absolute Gasteiger partial charge is 0.494 e. The van der Waals surface area contributed by atoms with Crippen molar-refractivity contribution in [3.8, 4) is 23.0 Å². The van der Waals surface area contributed by atoms with Gasteiger partial charge in [-0.15, -0.1) is 0 Å². The molecule has 5 rings (SSSR count). The molecule has 296 valence electrons. The number of aromatic carboxylic acids is 4. The number of carboxylic acid groups (broad SMARTS) is 4. The number of carboxylic acids is 4. The number of rotatable bonds is 16. The van der Waals surface area contributed by atoms with Crippen molar-refractivity contribution in [2.24, 2.45) is 0 Å². The number of hydrogen-bond donors (Lipinski definition) is 4. The van der Waals surface area contributed by atoms with Crippen LogP contribution in [0.25, 0.3) is 0 Å². The molecule has 0 aliphatic heterocycles. The fraction of sp³-hybridized carbons (Fsp3) is 0.364.